The van der Waals surface area contributed by atoms with Gasteiger partial charge in [0.25, 0.3) is 0 Å². The van der Waals surface area contributed by atoms with Gasteiger partial charge in [-0.05, 0) is 44.0 Å². The van der Waals surface area contributed by atoms with Crippen LogP contribution in [-0.4, -0.2) is 16.6 Å². The lowest BCUT2D eigenvalue weighted by atomic mass is 9.63. The van der Waals surface area contributed by atoms with Crippen LogP contribution in [0.4, 0.5) is 8.78 Å². The Morgan fingerprint density at radius 3 is 2.69 bits per heavy atom. The van der Waals surface area contributed by atoms with Crippen LogP contribution in [0.1, 0.15) is 32.3 Å². The number of rotatable bonds is 4. The molecule has 7 heteroatoms. The average molecular weight is 395 g/mol. The normalized spacial score (nSPS) is 19.8. The molecule has 1 fully saturated rings. The third-order valence-electron chi connectivity index (χ3n) is 5.24. The predicted molar refractivity (Wildman–Crippen MR) is 106 cm³/mol. The number of hydrogen-bond donors (Lipinski definition) is 1. The average Bonchev–Trinajstić information content (AvgIpc) is 2.67. The van der Waals surface area contributed by atoms with Gasteiger partial charge in [0.1, 0.15) is 28.7 Å². The highest BCUT2D eigenvalue weighted by Gasteiger charge is 2.45. The van der Waals surface area contributed by atoms with E-state index in [1.54, 1.807) is 30.3 Å². The zero-order valence-corrected chi connectivity index (χ0v) is 16.0. The smallest absolute Gasteiger partial charge is 0.236 e. The van der Waals surface area contributed by atoms with Crippen molar-refractivity contribution in [1.29, 1.82) is 0 Å². The molecule has 1 aliphatic rings. The van der Waals surface area contributed by atoms with Gasteiger partial charge in [-0.15, -0.1) is 0 Å². The van der Waals surface area contributed by atoms with E-state index in [1.807, 2.05) is 6.92 Å². The van der Waals surface area contributed by atoms with Crippen molar-refractivity contribution in [2.24, 2.45) is 5.10 Å². The maximum atomic E-state index is 14.9. The third kappa shape index (κ3) is 3.44. The number of nitrogens with one attached hydrogen (secondary N) is 1. The maximum absolute atomic E-state index is 14.9. The molecule has 1 aliphatic carbocycles. The van der Waals surface area contributed by atoms with Crippen molar-refractivity contribution in [3.63, 3.8) is 0 Å². The number of para-hydroxylation sites is 1. The molecule has 0 aliphatic heterocycles. The monoisotopic (exact) mass is 395 g/mol. The van der Waals surface area contributed by atoms with E-state index >= 15 is 0 Å². The molecule has 2 aromatic carbocycles. The Bertz CT molecular complexity index is 1150. The fourth-order valence-electron chi connectivity index (χ4n) is 3.62. The summed E-state index contributed by atoms with van der Waals surface area (Å²) in [4.78, 5) is 15.3. The standard InChI is InChI=1S/C22H19F2N3O2/c1-13(28)26-27-19-9-10-22(19,2)20-16(23)6-4-8-18(20)29-15-11-14-5-3-7-17(24)21(14)25-12-15/h3-8,11-12H,9-10H2,1-2H3,(H,26,28)/b27-19+. The molecule has 5 nitrogen and oxygen atoms in total. The minimum Gasteiger partial charge on any atom is -0.455 e. The fourth-order valence-corrected chi connectivity index (χ4v) is 3.62. The maximum Gasteiger partial charge on any atom is 0.236 e. The highest BCUT2D eigenvalue weighted by atomic mass is 19.1. The molecule has 1 N–H and O–H groups in total. The molecule has 0 spiro atoms. The Balaban J connectivity index is 1.72. The summed E-state index contributed by atoms with van der Waals surface area (Å²) in [6, 6.07) is 10.9. The van der Waals surface area contributed by atoms with Crippen LogP contribution in [0, 0.1) is 11.6 Å². The molecular weight excluding hydrogens is 376 g/mol. The highest BCUT2D eigenvalue weighted by molar-refractivity contribution is 6.01. The number of carbonyl (C=O) groups excluding carboxylic acids is 1. The van der Waals surface area contributed by atoms with E-state index in [2.05, 4.69) is 15.5 Å². The minimum absolute atomic E-state index is 0.245. The van der Waals surface area contributed by atoms with Gasteiger partial charge in [-0.2, -0.15) is 5.10 Å². The van der Waals surface area contributed by atoms with Crippen LogP contribution in [0.3, 0.4) is 0 Å². The lowest BCUT2D eigenvalue weighted by Gasteiger charge is -2.41. The Kier molecular flexibility index (Phi) is 4.74. The first-order valence-electron chi connectivity index (χ1n) is 9.23. The van der Waals surface area contributed by atoms with Crippen molar-refractivity contribution in [2.75, 3.05) is 0 Å². The molecule has 0 radical (unpaired) electrons. The van der Waals surface area contributed by atoms with Gasteiger partial charge in [-0.25, -0.2) is 19.2 Å². The van der Waals surface area contributed by atoms with Crippen molar-refractivity contribution in [2.45, 2.75) is 32.1 Å². The summed E-state index contributed by atoms with van der Waals surface area (Å²) in [6.45, 7) is 3.24. The highest BCUT2D eigenvalue weighted by Crippen LogP contribution is 2.46. The molecule has 29 heavy (non-hydrogen) atoms. The number of hydrazone groups is 1. The van der Waals surface area contributed by atoms with Gasteiger partial charge in [0.05, 0.1) is 6.20 Å². The van der Waals surface area contributed by atoms with Gasteiger partial charge in [0.15, 0.2) is 0 Å². The number of fused-ring (bicyclic) bond motifs is 1. The molecule has 4 rings (SSSR count). The van der Waals surface area contributed by atoms with Crippen LogP contribution < -0.4 is 10.2 Å². The van der Waals surface area contributed by atoms with E-state index in [4.69, 9.17) is 4.74 Å². The van der Waals surface area contributed by atoms with E-state index in [-0.39, 0.29) is 11.4 Å². The van der Waals surface area contributed by atoms with Crippen LogP contribution in [0.5, 0.6) is 11.5 Å². The minimum atomic E-state index is -0.695. The SMILES string of the molecule is CC(=O)N/N=C1\CCC1(C)c1c(F)cccc1Oc1cnc2c(F)cccc2c1. The summed E-state index contributed by atoms with van der Waals surface area (Å²) in [5, 5.41) is 4.73. The van der Waals surface area contributed by atoms with Crippen LogP contribution in [0.25, 0.3) is 10.9 Å². The Labute approximate surface area is 166 Å². The molecule has 1 atom stereocenters. The van der Waals surface area contributed by atoms with Gasteiger partial charge < -0.3 is 4.74 Å². The quantitative estimate of drug-likeness (QED) is 0.643. The summed E-state index contributed by atoms with van der Waals surface area (Å²) in [5.41, 5.74) is 3.03. The number of benzene rings is 2. The molecular formula is C22H19F2N3O2. The first kappa shape index (κ1) is 19.0. The number of amides is 1. The summed E-state index contributed by atoms with van der Waals surface area (Å²) >= 11 is 0. The van der Waals surface area contributed by atoms with Crippen molar-refractivity contribution in [1.82, 2.24) is 10.4 Å². The zero-order chi connectivity index (χ0) is 20.6. The number of nitrogens with zero attached hydrogens (tertiary/aromatic N) is 2. The lowest BCUT2D eigenvalue weighted by molar-refractivity contribution is -0.118. The Morgan fingerprint density at radius 1 is 1.21 bits per heavy atom. The van der Waals surface area contributed by atoms with Gasteiger partial charge in [0.2, 0.25) is 5.91 Å². The summed E-state index contributed by atoms with van der Waals surface area (Å²) in [7, 11) is 0. The summed E-state index contributed by atoms with van der Waals surface area (Å²) in [5.74, 6) is -0.411. The van der Waals surface area contributed by atoms with E-state index in [0.29, 0.717) is 41.0 Å². The number of carbonyl (C=O) groups is 1. The first-order valence-corrected chi connectivity index (χ1v) is 9.23. The second-order valence-electron chi connectivity index (χ2n) is 7.26. The number of hydrogen-bond acceptors (Lipinski definition) is 4. The molecule has 1 saturated carbocycles. The molecule has 0 saturated heterocycles. The molecule has 1 heterocycles. The van der Waals surface area contributed by atoms with Gasteiger partial charge in [0, 0.05) is 29.0 Å². The van der Waals surface area contributed by atoms with Crippen LogP contribution in [-0.2, 0) is 10.2 Å². The summed E-state index contributed by atoms with van der Waals surface area (Å²) < 4.78 is 34.7. The van der Waals surface area contributed by atoms with Gasteiger partial charge in [-0.1, -0.05) is 18.2 Å². The van der Waals surface area contributed by atoms with Crippen molar-refractivity contribution >= 4 is 22.5 Å². The number of halogens is 2. The lowest BCUT2D eigenvalue weighted by Crippen LogP contribution is -2.44. The van der Waals surface area contributed by atoms with E-state index in [0.717, 1.165) is 0 Å². The molecule has 0 bridgehead atoms. The molecule has 1 amide bonds. The third-order valence-corrected chi connectivity index (χ3v) is 5.24. The Hall–Kier alpha value is -3.35. The Morgan fingerprint density at radius 2 is 1.97 bits per heavy atom. The topological polar surface area (TPSA) is 63.6 Å². The van der Waals surface area contributed by atoms with Crippen molar-refractivity contribution < 1.29 is 18.3 Å². The van der Waals surface area contributed by atoms with Gasteiger partial charge in [-0.3, -0.25) is 4.79 Å². The second kappa shape index (κ2) is 7.24. The van der Waals surface area contributed by atoms with Crippen LogP contribution >= 0.6 is 0 Å². The van der Waals surface area contributed by atoms with E-state index < -0.39 is 17.0 Å². The van der Waals surface area contributed by atoms with E-state index in [1.165, 1.54) is 25.3 Å². The molecule has 148 valence electrons. The molecule has 1 aromatic heterocycles. The fraction of sp³-hybridized carbons (Fsp3) is 0.227. The van der Waals surface area contributed by atoms with E-state index in [9.17, 15) is 13.6 Å². The van der Waals surface area contributed by atoms with Crippen molar-refractivity contribution in [3.05, 3.63) is 65.9 Å². The summed E-state index contributed by atoms with van der Waals surface area (Å²) in [6.07, 6.45) is 2.74. The molecule has 1 unspecified atom stereocenters. The largest absolute Gasteiger partial charge is 0.455 e. The predicted octanol–water partition coefficient (Wildman–Crippen LogP) is 4.85. The van der Waals surface area contributed by atoms with Gasteiger partial charge >= 0.3 is 0 Å². The number of aromatic nitrogens is 1. The second-order valence-corrected chi connectivity index (χ2v) is 7.26. The number of pyridine rings is 1. The zero-order valence-electron chi connectivity index (χ0n) is 16.0. The molecule has 3 aromatic rings. The van der Waals surface area contributed by atoms with Crippen LogP contribution in [0.15, 0.2) is 53.8 Å². The van der Waals surface area contributed by atoms with Crippen LogP contribution in [0.2, 0.25) is 0 Å². The first-order chi connectivity index (χ1) is 13.9. The number of ether oxygens (including phenoxy) is 1. The van der Waals surface area contributed by atoms with Crippen molar-refractivity contribution in [3.8, 4) is 11.5 Å².